The summed E-state index contributed by atoms with van der Waals surface area (Å²) in [7, 11) is 0. The average Bonchev–Trinajstić information content (AvgIpc) is 2.36. The molecule has 0 aromatic heterocycles. The molecule has 1 aliphatic heterocycles. The maximum absolute atomic E-state index is 11.3. The summed E-state index contributed by atoms with van der Waals surface area (Å²) in [6.45, 7) is 5.11. The summed E-state index contributed by atoms with van der Waals surface area (Å²) in [6.07, 6.45) is 1.58. The third-order valence-corrected chi connectivity index (χ3v) is 3.15. The van der Waals surface area contributed by atoms with Crippen molar-refractivity contribution in [2.75, 3.05) is 19.7 Å². The summed E-state index contributed by atoms with van der Waals surface area (Å²) in [5.74, 6) is -0.0913. The lowest BCUT2D eigenvalue weighted by Crippen LogP contribution is -2.32. The standard InChI is InChI=1S/C14H19NO2/c1-2-17-14(16)8-10-15-9-7-12-5-3-4-6-13(12)11-15/h3-6H,2,7-11H2,1H3. The summed E-state index contributed by atoms with van der Waals surface area (Å²) in [5.41, 5.74) is 2.84. The van der Waals surface area contributed by atoms with Gasteiger partial charge >= 0.3 is 5.97 Å². The minimum absolute atomic E-state index is 0.0913. The van der Waals surface area contributed by atoms with Gasteiger partial charge in [0.1, 0.15) is 0 Å². The molecule has 0 saturated heterocycles. The number of carbonyl (C=O) groups excluding carboxylic acids is 1. The Morgan fingerprint density at radius 1 is 1.35 bits per heavy atom. The molecule has 0 saturated carbocycles. The van der Waals surface area contributed by atoms with Crippen molar-refractivity contribution in [2.45, 2.75) is 26.3 Å². The quantitative estimate of drug-likeness (QED) is 0.745. The van der Waals surface area contributed by atoms with E-state index in [0.29, 0.717) is 13.0 Å². The number of carbonyl (C=O) groups is 1. The summed E-state index contributed by atoms with van der Waals surface area (Å²) in [6, 6.07) is 8.53. The van der Waals surface area contributed by atoms with Crippen LogP contribution in [0.25, 0.3) is 0 Å². The molecule has 1 aliphatic rings. The first-order valence-corrected chi connectivity index (χ1v) is 6.24. The van der Waals surface area contributed by atoms with Gasteiger partial charge in [0.2, 0.25) is 0 Å². The lowest BCUT2D eigenvalue weighted by Gasteiger charge is -2.28. The molecule has 0 spiro atoms. The Kier molecular flexibility index (Phi) is 4.15. The highest BCUT2D eigenvalue weighted by molar-refractivity contribution is 5.69. The Labute approximate surface area is 102 Å². The second-order valence-electron chi connectivity index (χ2n) is 4.35. The van der Waals surface area contributed by atoms with Crippen molar-refractivity contribution in [3.05, 3.63) is 35.4 Å². The Morgan fingerprint density at radius 3 is 2.88 bits per heavy atom. The fourth-order valence-corrected chi connectivity index (χ4v) is 2.23. The van der Waals surface area contributed by atoms with Gasteiger partial charge in [-0.15, -0.1) is 0 Å². The lowest BCUT2D eigenvalue weighted by atomic mass is 10.00. The first-order valence-electron chi connectivity index (χ1n) is 6.24. The van der Waals surface area contributed by atoms with E-state index in [0.717, 1.165) is 26.1 Å². The van der Waals surface area contributed by atoms with Gasteiger partial charge in [0.15, 0.2) is 0 Å². The fraction of sp³-hybridized carbons (Fsp3) is 0.500. The van der Waals surface area contributed by atoms with Crippen LogP contribution in [0.1, 0.15) is 24.5 Å². The van der Waals surface area contributed by atoms with Crippen molar-refractivity contribution in [1.82, 2.24) is 4.90 Å². The minimum atomic E-state index is -0.0913. The van der Waals surface area contributed by atoms with E-state index in [-0.39, 0.29) is 5.97 Å². The molecular weight excluding hydrogens is 214 g/mol. The van der Waals surface area contributed by atoms with Crippen LogP contribution in [0.3, 0.4) is 0 Å². The van der Waals surface area contributed by atoms with Crippen LogP contribution in [0, 0.1) is 0 Å². The number of ether oxygens (including phenoxy) is 1. The van der Waals surface area contributed by atoms with E-state index in [1.165, 1.54) is 11.1 Å². The molecule has 0 amide bonds. The number of benzene rings is 1. The normalized spacial score (nSPS) is 15.4. The number of esters is 1. The molecule has 3 nitrogen and oxygen atoms in total. The first-order chi connectivity index (χ1) is 8.29. The van der Waals surface area contributed by atoms with Gasteiger partial charge in [-0.3, -0.25) is 9.69 Å². The zero-order chi connectivity index (χ0) is 12.1. The van der Waals surface area contributed by atoms with Gasteiger partial charge in [-0.1, -0.05) is 24.3 Å². The number of hydrogen-bond acceptors (Lipinski definition) is 3. The van der Waals surface area contributed by atoms with E-state index in [1.807, 2.05) is 6.92 Å². The summed E-state index contributed by atoms with van der Waals surface area (Å²) in [5, 5.41) is 0. The van der Waals surface area contributed by atoms with Crippen LogP contribution in [0.4, 0.5) is 0 Å². The van der Waals surface area contributed by atoms with Gasteiger partial charge in [-0.25, -0.2) is 0 Å². The Hall–Kier alpha value is -1.35. The zero-order valence-corrected chi connectivity index (χ0v) is 10.3. The number of rotatable bonds is 4. The first kappa shape index (κ1) is 12.1. The maximum Gasteiger partial charge on any atom is 0.307 e. The van der Waals surface area contributed by atoms with E-state index in [9.17, 15) is 4.79 Å². The minimum Gasteiger partial charge on any atom is -0.466 e. The van der Waals surface area contributed by atoms with Crippen LogP contribution in [0.2, 0.25) is 0 Å². The molecule has 1 heterocycles. The van der Waals surface area contributed by atoms with Gasteiger partial charge < -0.3 is 4.74 Å². The van der Waals surface area contributed by atoms with E-state index < -0.39 is 0 Å². The Bertz CT molecular complexity index is 390. The van der Waals surface area contributed by atoms with Crippen molar-refractivity contribution in [1.29, 1.82) is 0 Å². The topological polar surface area (TPSA) is 29.5 Å². The molecule has 0 N–H and O–H groups in total. The third kappa shape index (κ3) is 3.30. The molecule has 1 aromatic rings. The van der Waals surface area contributed by atoms with Gasteiger partial charge in [0.05, 0.1) is 13.0 Å². The molecule has 17 heavy (non-hydrogen) atoms. The van der Waals surface area contributed by atoms with Crippen LogP contribution in [-0.2, 0) is 22.5 Å². The molecule has 1 aromatic carbocycles. The molecule has 0 atom stereocenters. The maximum atomic E-state index is 11.3. The van der Waals surface area contributed by atoms with Crippen LogP contribution in [0.15, 0.2) is 24.3 Å². The predicted molar refractivity (Wildman–Crippen MR) is 66.7 cm³/mol. The van der Waals surface area contributed by atoms with E-state index in [1.54, 1.807) is 0 Å². The SMILES string of the molecule is CCOC(=O)CCN1CCc2ccccc2C1. The predicted octanol–water partition coefficient (Wildman–Crippen LogP) is 2.00. The van der Waals surface area contributed by atoms with Gasteiger partial charge in [-0.05, 0) is 24.5 Å². The molecule has 92 valence electrons. The average molecular weight is 233 g/mol. The number of nitrogens with zero attached hydrogens (tertiary/aromatic N) is 1. The second kappa shape index (κ2) is 5.82. The molecule has 0 unspecified atom stereocenters. The summed E-state index contributed by atoms with van der Waals surface area (Å²) < 4.78 is 4.94. The third-order valence-electron chi connectivity index (χ3n) is 3.15. The highest BCUT2D eigenvalue weighted by Gasteiger charge is 2.16. The Morgan fingerprint density at radius 2 is 2.12 bits per heavy atom. The highest BCUT2D eigenvalue weighted by Crippen LogP contribution is 2.18. The second-order valence-corrected chi connectivity index (χ2v) is 4.35. The molecule has 0 bridgehead atoms. The van der Waals surface area contributed by atoms with E-state index in [2.05, 4.69) is 29.2 Å². The van der Waals surface area contributed by atoms with Crippen LogP contribution in [0.5, 0.6) is 0 Å². The Balaban J connectivity index is 1.84. The van der Waals surface area contributed by atoms with Crippen molar-refractivity contribution < 1.29 is 9.53 Å². The number of hydrogen-bond donors (Lipinski definition) is 0. The smallest absolute Gasteiger partial charge is 0.307 e. The number of fused-ring (bicyclic) bond motifs is 1. The molecule has 2 rings (SSSR count). The molecular formula is C14H19NO2. The molecule has 0 radical (unpaired) electrons. The van der Waals surface area contributed by atoms with Crippen LogP contribution >= 0.6 is 0 Å². The fourth-order valence-electron chi connectivity index (χ4n) is 2.23. The molecule has 3 heteroatoms. The van der Waals surface area contributed by atoms with Crippen molar-refractivity contribution in [3.63, 3.8) is 0 Å². The summed E-state index contributed by atoms with van der Waals surface area (Å²) >= 11 is 0. The van der Waals surface area contributed by atoms with Crippen molar-refractivity contribution in [3.8, 4) is 0 Å². The van der Waals surface area contributed by atoms with Gasteiger partial charge in [-0.2, -0.15) is 0 Å². The van der Waals surface area contributed by atoms with Gasteiger partial charge in [0.25, 0.3) is 0 Å². The lowest BCUT2D eigenvalue weighted by molar-refractivity contribution is -0.143. The largest absolute Gasteiger partial charge is 0.466 e. The van der Waals surface area contributed by atoms with E-state index in [4.69, 9.17) is 4.74 Å². The zero-order valence-electron chi connectivity index (χ0n) is 10.3. The summed E-state index contributed by atoms with van der Waals surface area (Å²) in [4.78, 5) is 13.6. The van der Waals surface area contributed by atoms with Crippen LogP contribution in [-0.4, -0.2) is 30.6 Å². The molecule has 0 fully saturated rings. The van der Waals surface area contributed by atoms with E-state index >= 15 is 0 Å². The van der Waals surface area contributed by atoms with Crippen LogP contribution < -0.4 is 0 Å². The van der Waals surface area contributed by atoms with Gasteiger partial charge in [0, 0.05) is 19.6 Å². The monoisotopic (exact) mass is 233 g/mol. The highest BCUT2D eigenvalue weighted by atomic mass is 16.5. The van der Waals surface area contributed by atoms with Crippen molar-refractivity contribution >= 4 is 5.97 Å². The van der Waals surface area contributed by atoms with Crippen molar-refractivity contribution in [2.24, 2.45) is 0 Å². The molecule has 0 aliphatic carbocycles.